The van der Waals surface area contributed by atoms with E-state index < -0.39 is 0 Å². The molecule has 1 amide bonds. The molecule has 0 radical (unpaired) electrons. The van der Waals surface area contributed by atoms with Crippen LogP contribution < -0.4 is 10.2 Å². The lowest BCUT2D eigenvalue weighted by Crippen LogP contribution is -2.48. The molecule has 3 heterocycles. The summed E-state index contributed by atoms with van der Waals surface area (Å²) in [5.74, 6) is 1.63. The van der Waals surface area contributed by atoms with Gasteiger partial charge in [-0.25, -0.2) is 15.0 Å². The van der Waals surface area contributed by atoms with Crippen LogP contribution in [-0.2, 0) is 17.8 Å². The highest BCUT2D eigenvalue weighted by molar-refractivity contribution is 7.09. The number of likely N-dealkylation sites (N-methyl/N-ethyl adjacent to an activating group) is 1. The number of anilines is 2. The van der Waals surface area contributed by atoms with Crippen molar-refractivity contribution in [1.82, 2.24) is 19.9 Å². The smallest absolute Gasteiger partial charge is 0.241 e. The molecule has 8 heteroatoms. The molecule has 2 aromatic rings. The lowest BCUT2D eigenvalue weighted by molar-refractivity contribution is -0.129. The fourth-order valence-corrected chi connectivity index (χ4v) is 3.09. The van der Waals surface area contributed by atoms with Crippen LogP contribution in [0.25, 0.3) is 0 Å². The van der Waals surface area contributed by atoms with Gasteiger partial charge in [0.2, 0.25) is 5.91 Å². The minimum Gasteiger partial charge on any atom is -0.364 e. The molecule has 1 N–H and O–H groups in total. The first kappa shape index (κ1) is 15.7. The zero-order chi connectivity index (χ0) is 16.2. The van der Waals surface area contributed by atoms with Crippen LogP contribution in [0.15, 0.2) is 17.8 Å². The van der Waals surface area contributed by atoms with Gasteiger partial charge in [-0.2, -0.15) is 0 Å². The van der Waals surface area contributed by atoms with Crippen molar-refractivity contribution >= 4 is 28.9 Å². The number of carbonyl (C=O) groups excluding carboxylic acids is 1. The van der Waals surface area contributed by atoms with Gasteiger partial charge in [0.25, 0.3) is 0 Å². The predicted octanol–water partition coefficient (Wildman–Crippen LogP) is 1.39. The summed E-state index contributed by atoms with van der Waals surface area (Å²) < 4.78 is 0. The second kappa shape index (κ2) is 6.91. The van der Waals surface area contributed by atoms with Gasteiger partial charge in [0.05, 0.1) is 23.8 Å². The van der Waals surface area contributed by atoms with Crippen molar-refractivity contribution in [3.05, 3.63) is 28.5 Å². The Balaban J connectivity index is 1.64. The summed E-state index contributed by atoms with van der Waals surface area (Å²) in [6.07, 6.45) is 2.48. The third-order valence-electron chi connectivity index (χ3n) is 3.79. The number of hydrogen-bond acceptors (Lipinski definition) is 7. The first-order valence-corrected chi connectivity index (χ1v) is 8.51. The van der Waals surface area contributed by atoms with Crippen LogP contribution in [0.4, 0.5) is 11.6 Å². The van der Waals surface area contributed by atoms with Crippen LogP contribution in [-0.4, -0.2) is 52.4 Å². The Morgan fingerprint density at radius 3 is 2.96 bits per heavy atom. The predicted molar refractivity (Wildman–Crippen MR) is 90.7 cm³/mol. The summed E-state index contributed by atoms with van der Waals surface area (Å²) in [7, 11) is 1.82. The zero-order valence-corrected chi connectivity index (χ0v) is 14.1. The third-order valence-corrected chi connectivity index (χ3v) is 4.83. The van der Waals surface area contributed by atoms with Gasteiger partial charge in [-0.3, -0.25) is 4.79 Å². The summed E-state index contributed by atoms with van der Waals surface area (Å²) in [6.45, 7) is 4.59. The first-order valence-electron chi connectivity index (χ1n) is 7.64. The first-order chi connectivity index (χ1) is 11.2. The number of thiazole rings is 1. The van der Waals surface area contributed by atoms with Crippen molar-refractivity contribution in [3.8, 4) is 0 Å². The maximum Gasteiger partial charge on any atom is 0.241 e. The highest BCUT2D eigenvalue weighted by atomic mass is 32.1. The number of piperazine rings is 1. The molecule has 0 spiro atoms. The van der Waals surface area contributed by atoms with E-state index in [1.165, 1.54) is 6.33 Å². The Kier molecular flexibility index (Phi) is 4.71. The molecule has 0 unspecified atom stereocenters. The summed E-state index contributed by atoms with van der Waals surface area (Å²) >= 11 is 1.68. The number of nitrogens with zero attached hydrogens (tertiary/aromatic N) is 5. The van der Waals surface area contributed by atoms with E-state index in [1.807, 2.05) is 18.0 Å². The second-order valence-electron chi connectivity index (χ2n) is 5.44. The van der Waals surface area contributed by atoms with Gasteiger partial charge in [0.1, 0.15) is 18.0 Å². The Labute approximate surface area is 139 Å². The lowest BCUT2D eigenvalue weighted by atomic mass is 10.3. The highest BCUT2D eigenvalue weighted by Crippen LogP contribution is 2.17. The third kappa shape index (κ3) is 3.76. The largest absolute Gasteiger partial charge is 0.364 e. The van der Waals surface area contributed by atoms with Crippen molar-refractivity contribution in [1.29, 1.82) is 0 Å². The number of carbonyl (C=O) groups is 1. The van der Waals surface area contributed by atoms with Crippen LogP contribution in [0.5, 0.6) is 0 Å². The Morgan fingerprint density at radius 2 is 2.22 bits per heavy atom. The van der Waals surface area contributed by atoms with Gasteiger partial charge in [0, 0.05) is 31.6 Å². The maximum atomic E-state index is 11.8. The van der Waals surface area contributed by atoms with E-state index in [2.05, 4.69) is 32.6 Å². The minimum atomic E-state index is 0.110. The Hall–Kier alpha value is -2.22. The van der Waals surface area contributed by atoms with Crippen molar-refractivity contribution in [3.63, 3.8) is 0 Å². The molecule has 1 fully saturated rings. The SMILES string of the molecule is CCc1nc(CNc2cc(N3CCN(C)C(=O)C3)ncn2)cs1. The molecule has 0 aromatic carbocycles. The quantitative estimate of drug-likeness (QED) is 0.892. The molecule has 1 saturated heterocycles. The van der Waals surface area contributed by atoms with Gasteiger partial charge in [-0.05, 0) is 6.42 Å². The number of rotatable bonds is 5. The molecule has 7 nitrogen and oxygen atoms in total. The second-order valence-corrected chi connectivity index (χ2v) is 6.38. The van der Waals surface area contributed by atoms with Gasteiger partial charge >= 0.3 is 0 Å². The molecule has 0 bridgehead atoms. The Morgan fingerprint density at radius 1 is 1.35 bits per heavy atom. The van der Waals surface area contributed by atoms with Crippen molar-refractivity contribution in [2.75, 3.05) is 36.9 Å². The van der Waals surface area contributed by atoms with Crippen LogP contribution in [0.1, 0.15) is 17.6 Å². The van der Waals surface area contributed by atoms with Gasteiger partial charge < -0.3 is 15.1 Å². The van der Waals surface area contributed by atoms with Crippen molar-refractivity contribution in [2.24, 2.45) is 0 Å². The average molecular weight is 332 g/mol. The monoisotopic (exact) mass is 332 g/mol. The lowest BCUT2D eigenvalue weighted by Gasteiger charge is -2.32. The topological polar surface area (TPSA) is 74.2 Å². The molecule has 0 atom stereocenters. The van der Waals surface area contributed by atoms with E-state index in [4.69, 9.17) is 0 Å². The van der Waals surface area contributed by atoms with E-state index in [-0.39, 0.29) is 5.91 Å². The molecular weight excluding hydrogens is 312 g/mol. The van der Waals surface area contributed by atoms with Crippen LogP contribution in [0, 0.1) is 0 Å². The number of aryl methyl sites for hydroxylation is 1. The highest BCUT2D eigenvalue weighted by Gasteiger charge is 2.22. The van der Waals surface area contributed by atoms with E-state index in [0.717, 1.165) is 35.3 Å². The maximum absolute atomic E-state index is 11.8. The van der Waals surface area contributed by atoms with Gasteiger partial charge in [-0.15, -0.1) is 11.3 Å². The van der Waals surface area contributed by atoms with E-state index >= 15 is 0 Å². The summed E-state index contributed by atoms with van der Waals surface area (Å²) in [4.78, 5) is 28.6. The molecule has 0 saturated carbocycles. The van der Waals surface area contributed by atoms with Gasteiger partial charge in [0.15, 0.2) is 0 Å². The van der Waals surface area contributed by atoms with Gasteiger partial charge in [-0.1, -0.05) is 6.92 Å². The molecule has 3 rings (SSSR count). The minimum absolute atomic E-state index is 0.110. The van der Waals surface area contributed by atoms with Crippen molar-refractivity contribution < 1.29 is 4.79 Å². The number of amides is 1. The molecule has 0 aliphatic carbocycles. The van der Waals surface area contributed by atoms with Crippen LogP contribution in [0.3, 0.4) is 0 Å². The normalized spacial score (nSPS) is 15.1. The molecular formula is C15H20N6OS. The summed E-state index contributed by atoms with van der Waals surface area (Å²) in [5.41, 5.74) is 1.02. The average Bonchev–Trinajstić information content (AvgIpc) is 3.04. The molecule has 1 aliphatic heterocycles. The van der Waals surface area contributed by atoms with Crippen molar-refractivity contribution in [2.45, 2.75) is 19.9 Å². The summed E-state index contributed by atoms with van der Waals surface area (Å²) in [5, 5.41) is 6.47. The molecule has 2 aromatic heterocycles. The fourth-order valence-electron chi connectivity index (χ4n) is 2.34. The molecule has 1 aliphatic rings. The van der Waals surface area contributed by atoms with Crippen LogP contribution >= 0.6 is 11.3 Å². The number of nitrogens with one attached hydrogen (secondary N) is 1. The van der Waals surface area contributed by atoms with E-state index in [0.29, 0.717) is 19.6 Å². The fraction of sp³-hybridized carbons (Fsp3) is 0.467. The van der Waals surface area contributed by atoms with E-state index in [1.54, 1.807) is 16.2 Å². The molecule has 23 heavy (non-hydrogen) atoms. The van der Waals surface area contributed by atoms with Crippen LogP contribution in [0.2, 0.25) is 0 Å². The summed E-state index contributed by atoms with van der Waals surface area (Å²) in [6, 6.07) is 1.88. The van der Waals surface area contributed by atoms with E-state index in [9.17, 15) is 4.79 Å². The Bertz CT molecular complexity index is 688. The molecule has 122 valence electrons. The standard InChI is InChI=1S/C15H20N6OS/c1-3-14-19-11(9-23-14)7-16-12-6-13(18-10-17-12)21-5-4-20(2)15(22)8-21/h6,9-10H,3-5,7-8H2,1-2H3,(H,16,17,18). The number of hydrogen-bond donors (Lipinski definition) is 1. The zero-order valence-electron chi connectivity index (χ0n) is 13.3. The number of aromatic nitrogens is 3.